The van der Waals surface area contributed by atoms with Gasteiger partial charge >= 0.3 is 5.97 Å². The minimum atomic E-state index is -0.824. The Bertz CT molecular complexity index is 1300. The van der Waals surface area contributed by atoms with E-state index in [1.54, 1.807) is 78.8 Å². The van der Waals surface area contributed by atoms with Crippen LogP contribution in [0.3, 0.4) is 0 Å². The molecule has 1 N–H and O–H groups in total. The van der Waals surface area contributed by atoms with Gasteiger partial charge in [0.05, 0.1) is 30.9 Å². The van der Waals surface area contributed by atoms with Crippen molar-refractivity contribution in [1.82, 2.24) is 9.88 Å². The fraction of sp³-hybridized carbons (Fsp3) is 0.250. The average Bonchev–Trinajstić information content (AvgIpc) is 3.14. The van der Waals surface area contributed by atoms with Gasteiger partial charge in [0.25, 0.3) is 5.91 Å². The first-order valence-corrected chi connectivity index (χ1v) is 12.7. The number of hydrogen-bond acceptors (Lipinski definition) is 7. The molecule has 0 saturated carbocycles. The van der Waals surface area contributed by atoms with Crippen molar-refractivity contribution in [2.24, 2.45) is 0 Å². The van der Waals surface area contributed by atoms with Gasteiger partial charge in [0.2, 0.25) is 5.91 Å². The van der Waals surface area contributed by atoms with Crippen LogP contribution >= 0.6 is 12.2 Å². The minimum absolute atomic E-state index is 0.107. The lowest BCUT2D eigenvalue weighted by Crippen LogP contribution is -2.37. The van der Waals surface area contributed by atoms with Gasteiger partial charge in [-0.15, -0.1) is 0 Å². The normalized spacial score (nSPS) is 14.9. The fourth-order valence-electron chi connectivity index (χ4n) is 4.09. The highest BCUT2D eigenvalue weighted by atomic mass is 32.1. The van der Waals surface area contributed by atoms with Gasteiger partial charge in [0.1, 0.15) is 11.8 Å². The molecule has 0 unspecified atom stereocenters. The third kappa shape index (κ3) is 6.15. The van der Waals surface area contributed by atoms with Gasteiger partial charge in [0.15, 0.2) is 5.11 Å². The first-order chi connectivity index (χ1) is 18.4. The van der Waals surface area contributed by atoms with Crippen LogP contribution in [0, 0.1) is 0 Å². The molecule has 1 aliphatic rings. The standard InChI is InChI=1S/C28H28N4O5S/c1-3-36-23-13-9-21(10-14-23)30-25(33)16-24-26(34)32(22-11-7-20(8-12-22)27(35)37-4-2)28(38)31(24)18-19-6-5-15-29-17-19/h5-15,17,24H,3-4,16,18H2,1-2H3,(H,30,33)/t24-/m0/s1. The van der Waals surface area contributed by atoms with Gasteiger partial charge in [-0.2, -0.15) is 0 Å². The molecule has 0 aliphatic carbocycles. The van der Waals surface area contributed by atoms with Crippen molar-refractivity contribution in [2.75, 3.05) is 23.4 Å². The number of esters is 1. The molecule has 2 amide bonds. The molecule has 38 heavy (non-hydrogen) atoms. The Labute approximate surface area is 226 Å². The van der Waals surface area contributed by atoms with Gasteiger partial charge in [-0.05, 0) is 86.2 Å². The molecule has 9 nitrogen and oxygen atoms in total. The Balaban J connectivity index is 1.55. The summed E-state index contributed by atoms with van der Waals surface area (Å²) in [6.45, 7) is 4.74. The number of nitrogens with one attached hydrogen (secondary N) is 1. The molecule has 2 heterocycles. The molecule has 1 fully saturated rings. The third-order valence-corrected chi connectivity index (χ3v) is 6.28. The van der Waals surface area contributed by atoms with E-state index in [-0.39, 0.29) is 30.0 Å². The van der Waals surface area contributed by atoms with Gasteiger partial charge in [-0.1, -0.05) is 6.07 Å². The first-order valence-electron chi connectivity index (χ1n) is 12.2. The molecule has 1 atom stereocenters. The molecule has 4 rings (SSSR count). The lowest BCUT2D eigenvalue weighted by Gasteiger charge is -2.24. The van der Waals surface area contributed by atoms with E-state index in [1.807, 2.05) is 13.0 Å². The second-order valence-electron chi connectivity index (χ2n) is 8.44. The van der Waals surface area contributed by atoms with Gasteiger partial charge in [-0.3, -0.25) is 19.5 Å². The molecule has 0 bridgehead atoms. The van der Waals surface area contributed by atoms with E-state index in [0.717, 1.165) is 5.56 Å². The summed E-state index contributed by atoms with van der Waals surface area (Å²) >= 11 is 5.72. The van der Waals surface area contributed by atoms with E-state index in [0.29, 0.717) is 35.8 Å². The first kappa shape index (κ1) is 26.7. The smallest absolute Gasteiger partial charge is 0.338 e. The molecule has 1 aliphatic heterocycles. The number of ether oxygens (including phenoxy) is 2. The summed E-state index contributed by atoms with van der Waals surface area (Å²) in [6.07, 6.45) is 3.25. The number of hydrogen-bond donors (Lipinski definition) is 1. The summed E-state index contributed by atoms with van der Waals surface area (Å²) in [6, 6.07) is 16.3. The number of carbonyl (C=O) groups is 3. The Morgan fingerprint density at radius 3 is 2.39 bits per heavy atom. The second-order valence-corrected chi connectivity index (χ2v) is 8.80. The van der Waals surface area contributed by atoms with E-state index in [4.69, 9.17) is 21.7 Å². The van der Waals surface area contributed by atoms with Crippen LogP contribution in [0.5, 0.6) is 5.75 Å². The van der Waals surface area contributed by atoms with Crippen LogP contribution in [0.4, 0.5) is 11.4 Å². The van der Waals surface area contributed by atoms with Gasteiger partial charge in [-0.25, -0.2) is 4.79 Å². The summed E-state index contributed by atoms with van der Waals surface area (Å²) in [5.74, 6) is -0.402. The molecular weight excluding hydrogens is 504 g/mol. The Morgan fingerprint density at radius 2 is 1.76 bits per heavy atom. The third-order valence-electron chi connectivity index (χ3n) is 5.86. The van der Waals surface area contributed by atoms with E-state index in [2.05, 4.69) is 10.3 Å². The number of anilines is 2. The maximum absolute atomic E-state index is 13.6. The lowest BCUT2D eigenvalue weighted by molar-refractivity contribution is -0.124. The van der Waals surface area contributed by atoms with E-state index >= 15 is 0 Å². The van der Waals surface area contributed by atoms with E-state index < -0.39 is 12.0 Å². The van der Waals surface area contributed by atoms with Crippen molar-refractivity contribution in [3.8, 4) is 5.75 Å². The maximum atomic E-state index is 13.6. The zero-order valence-corrected chi connectivity index (χ0v) is 21.9. The number of aromatic nitrogens is 1. The molecule has 1 saturated heterocycles. The predicted molar refractivity (Wildman–Crippen MR) is 147 cm³/mol. The topological polar surface area (TPSA) is 101 Å². The van der Waals surface area contributed by atoms with Crippen molar-refractivity contribution in [1.29, 1.82) is 0 Å². The van der Waals surface area contributed by atoms with Gasteiger partial charge < -0.3 is 19.7 Å². The van der Waals surface area contributed by atoms with Crippen molar-refractivity contribution < 1.29 is 23.9 Å². The summed E-state index contributed by atoms with van der Waals surface area (Å²) in [7, 11) is 0. The summed E-state index contributed by atoms with van der Waals surface area (Å²) in [5.41, 5.74) is 2.31. The molecule has 1 aromatic heterocycles. The molecule has 196 valence electrons. The number of rotatable bonds is 10. The Hall–Kier alpha value is -4.31. The molecule has 0 radical (unpaired) electrons. The number of thiocarbonyl (C=S) groups is 1. The number of nitrogens with zero attached hydrogens (tertiary/aromatic N) is 3. The largest absolute Gasteiger partial charge is 0.494 e. The quantitative estimate of drug-likeness (QED) is 0.307. The number of amides is 2. The monoisotopic (exact) mass is 532 g/mol. The van der Waals surface area contributed by atoms with E-state index in [9.17, 15) is 14.4 Å². The Kier molecular flexibility index (Phi) is 8.65. The summed E-state index contributed by atoms with van der Waals surface area (Å²) in [5, 5.41) is 3.11. The number of pyridine rings is 1. The zero-order chi connectivity index (χ0) is 27.1. The lowest BCUT2D eigenvalue weighted by atomic mass is 10.1. The second kappa shape index (κ2) is 12.3. The van der Waals surface area contributed by atoms with Crippen LogP contribution in [0.2, 0.25) is 0 Å². The number of benzene rings is 2. The predicted octanol–water partition coefficient (Wildman–Crippen LogP) is 4.19. The van der Waals surface area contributed by atoms with E-state index in [1.165, 1.54) is 4.90 Å². The summed E-state index contributed by atoms with van der Waals surface area (Å²) in [4.78, 5) is 46.0. The van der Waals surface area contributed by atoms with Crippen LogP contribution in [0.1, 0.15) is 36.2 Å². The summed E-state index contributed by atoms with van der Waals surface area (Å²) < 4.78 is 10.5. The highest BCUT2D eigenvalue weighted by Crippen LogP contribution is 2.29. The minimum Gasteiger partial charge on any atom is -0.494 e. The fourth-order valence-corrected chi connectivity index (χ4v) is 4.48. The average molecular weight is 533 g/mol. The zero-order valence-electron chi connectivity index (χ0n) is 21.1. The van der Waals surface area contributed by atoms with Crippen molar-refractivity contribution in [2.45, 2.75) is 32.9 Å². The maximum Gasteiger partial charge on any atom is 0.338 e. The molecule has 10 heteroatoms. The highest BCUT2D eigenvalue weighted by Gasteiger charge is 2.44. The number of carbonyl (C=O) groups excluding carboxylic acids is 3. The van der Waals surface area contributed by atoms with Crippen LogP contribution in [-0.2, 0) is 20.9 Å². The van der Waals surface area contributed by atoms with Crippen LogP contribution in [-0.4, -0.2) is 52.0 Å². The van der Waals surface area contributed by atoms with Crippen LogP contribution in [0.25, 0.3) is 0 Å². The van der Waals surface area contributed by atoms with Gasteiger partial charge in [0, 0.05) is 24.6 Å². The SMILES string of the molecule is CCOC(=O)c1ccc(N2C(=O)[C@H](CC(=O)Nc3ccc(OCC)cc3)N(Cc3cccnc3)C2=S)cc1. The molecule has 0 spiro atoms. The van der Waals surface area contributed by atoms with Crippen molar-refractivity contribution in [3.05, 3.63) is 84.2 Å². The molecular formula is C28H28N4O5S. The van der Waals surface area contributed by atoms with Crippen molar-refractivity contribution in [3.63, 3.8) is 0 Å². The molecule has 3 aromatic rings. The van der Waals surface area contributed by atoms with Crippen molar-refractivity contribution >= 4 is 46.5 Å². The Morgan fingerprint density at radius 1 is 1.03 bits per heavy atom. The molecule has 2 aromatic carbocycles. The highest BCUT2D eigenvalue weighted by molar-refractivity contribution is 7.80. The van der Waals surface area contributed by atoms with Crippen LogP contribution < -0.4 is 15.0 Å². The van der Waals surface area contributed by atoms with Crippen LogP contribution in [0.15, 0.2) is 73.1 Å².